The molecule has 0 amide bonds. The lowest BCUT2D eigenvalue weighted by Crippen LogP contribution is -2.08. The van der Waals surface area contributed by atoms with Crippen LogP contribution in [-0.4, -0.2) is 0 Å². The topological polar surface area (TPSA) is 0 Å². The molecule has 0 fully saturated rings. The van der Waals surface area contributed by atoms with Crippen LogP contribution < -0.4 is 0 Å². The second-order valence-electron chi connectivity index (χ2n) is 2.96. The molecule has 0 saturated heterocycles. The first-order chi connectivity index (χ1) is 5.47. The lowest BCUT2D eigenvalue weighted by Gasteiger charge is -2.17. The molecule has 0 heterocycles. The van der Waals surface area contributed by atoms with Crippen molar-refractivity contribution in [1.82, 2.24) is 0 Å². The minimum Gasteiger partial charge on any atom is -0.0839 e. The van der Waals surface area contributed by atoms with Crippen molar-refractivity contribution in [3.05, 3.63) is 48.6 Å². The number of hydrogen-bond donors (Lipinski definition) is 0. The molecule has 0 N–H and O–H groups in total. The van der Waals surface area contributed by atoms with E-state index in [-0.39, 0.29) is 0 Å². The third-order valence-electron chi connectivity index (χ3n) is 2.18. The monoisotopic (exact) mass is 143 g/mol. The van der Waals surface area contributed by atoms with Crippen molar-refractivity contribution in [2.75, 3.05) is 0 Å². The van der Waals surface area contributed by atoms with Gasteiger partial charge in [-0.1, -0.05) is 42.5 Å². The van der Waals surface area contributed by atoms with Crippen LogP contribution in [0.5, 0.6) is 0 Å². The summed E-state index contributed by atoms with van der Waals surface area (Å²) in [5.41, 5.74) is 0. The molecule has 0 nitrogen and oxygen atoms in total. The zero-order valence-electron chi connectivity index (χ0n) is 6.40. The smallest absolute Gasteiger partial charge is 0.00899 e. The van der Waals surface area contributed by atoms with Crippen molar-refractivity contribution in [2.45, 2.75) is 6.42 Å². The molecular weight excluding hydrogens is 132 g/mol. The first-order valence-corrected chi connectivity index (χ1v) is 4.06. The van der Waals surface area contributed by atoms with Crippen LogP contribution in [0.3, 0.4) is 0 Å². The van der Waals surface area contributed by atoms with Crippen LogP contribution in [0, 0.1) is 17.9 Å². The number of hydrogen-bond acceptors (Lipinski definition) is 0. The number of rotatable bonds is 0. The summed E-state index contributed by atoms with van der Waals surface area (Å²) < 4.78 is 0. The van der Waals surface area contributed by atoms with Gasteiger partial charge in [0.25, 0.3) is 0 Å². The van der Waals surface area contributed by atoms with Crippen LogP contribution in [-0.2, 0) is 0 Å². The molecule has 2 unspecified atom stereocenters. The van der Waals surface area contributed by atoms with Gasteiger partial charge in [-0.15, -0.1) is 0 Å². The summed E-state index contributed by atoms with van der Waals surface area (Å²) in [4.78, 5) is 0. The summed E-state index contributed by atoms with van der Waals surface area (Å²) >= 11 is 0. The van der Waals surface area contributed by atoms with Crippen molar-refractivity contribution in [3.8, 4) is 0 Å². The van der Waals surface area contributed by atoms with E-state index in [1.165, 1.54) is 0 Å². The Labute approximate surface area is 67.6 Å². The molecule has 0 aromatic carbocycles. The second kappa shape index (κ2) is 2.91. The quantitative estimate of drug-likeness (QED) is 0.489. The van der Waals surface area contributed by atoms with Crippen molar-refractivity contribution in [2.24, 2.45) is 11.8 Å². The first-order valence-electron chi connectivity index (χ1n) is 4.06. The molecule has 0 aromatic rings. The highest BCUT2D eigenvalue weighted by molar-refractivity contribution is 5.20. The average molecular weight is 143 g/mol. The maximum absolute atomic E-state index is 3.33. The fourth-order valence-corrected chi connectivity index (χ4v) is 1.53. The van der Waals surface area contributed by atoms with E-state index in [9.17, 15) is 0 Å². The maximum atomic E-state index is 3.33. The van der Waals surface area contributed by atoms with Crippen LogP contribution in [0.1, 0.15) is 6.42 Å². The fraction of sp³-hybridized carbons (Fsp3) is 0.273. The van der Waals surface area contributed by atoms with Gasteiger partial charge in [0.15, 0.2) is 0 Å². The molecule has 2 atom stereocenters. The molecule has 2 aliphatic rings. The fourth-order valence-electron chi connectivity index (χ4n) is 1.53. The Morgan fingerprint density at radius 1 is 1.09 bits per heavy atom. The van der Waals surface area contributed by atoms with Crippen LogP contribution in [0.2, 0.25) is 0 Å². The molecule has 0 bridgehead atoms. The standard InChI is InChI=1S/C11H11/c1-2-6-10-8-4-5-9-11(10)7-3-1/h1-5,8-11H,6H2. The zero-order chi connectivity index (χ0) is 7.52. The Kier molecular flexibility index (Phi) is 1.76. The number of allylic oxidation sites excluding steroid dienone is 8. The van der Waals surface area contributed by atoms with Crippen LogP contribution in [0.25, 0.3) is 0 Å². The molecule has 0 aromatic heterocycles. The van der Waals surface area contributed by atoms with Gasteiger partial charge in [-0.05, 0) is 18.4 Å². The minimum atomic E-state index is 0.509. The van der Waals surface area contributed by atoms with Gasteiger partial charge in [-0.2, -0.15) is 0 Å². The van der Waals surface area contributed by atoms with Gasteiger partial charge in [-0.25, -0.2) is 0 Å². The van der Waals surface area contributed by atoms with E-state index in [0.717, 1.165) is 6.42 Å². The predicted octanol–water partition coefficient (Wildman–Crippen LogP) is 2.66. The largest absolute Gasteiger partial charge is 0.0839 e. The summed E-state index contributed by atoms with van der Waals surface area (Å²) in [6.45, 7) is 0. The maximum Gasteiger partial charge on any atom is 0.00899 e. The molecule has 0 heteroatoms. The van der Waals surface area contributed by atoms with Crippen LogP contribution in [0.15, 0.2) is 42.5 Å². The van der Waals surface area contributed by atoms with E-state index in [4.69, 9.17) is 0 Å². The molecule has 2 aliphatic carbocycles. The minimum absolute atomic E-state index is 0.509. The average Bonchev–Trinajstić information content (AvgIpc) is 2.28. The molecule has 11 heavy (non-hydrogen) atoms. The Morgan fingerprint density at radius 2 is 2.00 bits per heavy atom. The van der Waals surface area contributed by atoms with Gasteiger partial charge in [-0.3, -0.25) is 0 Å². The summed E-state index contributed by atoms with van der Waals surface area (Å²) in [6.07, 6.45) is 19.5. The zero-order valence-corrected chi connectivity index (χ0v) is 6.40. The van der Waals surface area contributed by atoms with Crippen molar-refractivity contribution in [3.63, 3.8) is 0 Å². The Hall–Kier alpha value is -1.04. The van der Waals surface area contributed by atoms with E-state index in [1.807, 2.05) is 6.08 Å². The van der Waals surface area contributed by atoms with E-state index >= 15 is 0 Å². The van der Waals surface area contributed by atoms with Crippen molar-refractivity contribution in [1.29, 1.82) is 0 Å². The van der Waals surface area contributed by atoms with E-state index < -0.39 is 0 Å². The van der Waals surface area contributed by atoms with Crippen LogP contribution >= 0.6 is 0 Å². The highest BCUT2D eigenvalue weighted by atomic mass is 14.2. The molecule has 1 radical (unpaired) electrons. The molecule has 0 saturated carbocycles. The summed E-state index contributed by atoms with van der Waals surface area (Å²) in [5, 5.41) is 0. The van der Waals surface area contributed by atoms with Gasteiger partial charge in [0.2, 0.25) is 0 Å². The van der Waals surface area contributed by atoms with Crippen molar-refractivity contribution < 1.29 is 0 Å². The molecular formula is C11H11. The third kappa shape index (κ3) is 1.35. The van der Waals surface area contributed by atoms with Crippen LogP contribution in [0.4, 0.5) is 0 Å². The molecule has 2 rings (SSSR count). The SMILES string of the molecule is [C]1=CC=CCC2C=CC=CC12. The highest BCUT2D eigenvalue weighted by Gasteiger charge is 2.15. The van der Waals surface area contributed by atoms with Gasteiger partial charge in [0.1, 0.15) is 0 Å². The van der Waals surface area contributed by atoms with Crippen molar-refractivity contribution >= 4 is 0 Å². The molecule has 55 valence electrons. The predicted molar refractivity (Wildman–Crippen MR) is 46.8 cm³/mol. The second-order valence-corrected chi connectivity index (χ2v) is 2.96. The van der Waals surface area contributed by atoms with Gasteiger partial charge < -0.3 is 0 Å². The Bertz CT molecular complexity index is 241. The lowest BCUT2D eigenvalue weighted by atomic mass is 9.87. The Balaban J connectivity index is 2.23. The summed E-state index contributed by atoms with van der Waals surface area (Å²) in [6, 6.07) is 0. The van der Waals surface area contributed by atoms with E-state index in [1.54, 1.807) is 0 Å². The van der Waals surface area contributed by atoms with Gasteiger partial charge >= 0.3 is 0 Å². The number of fused-ring (bicyclic) bond motifs is 1. The molecule has 0 aliphatic heterocycles. The van der Waals surface area contributed by atoms with E-state index in [2.05, 4.69) is 42.5 Å². The van der Waals surface area contributed by atoms with E-state index in [0.29, 0.717) is 11.8 Å². The van der Waals surface area contributed by atoms with Gasteiger partial charge in [0, 0.05) is 5.92 Å². The van der Waals surface area contributed by atoms with Gasteiger partial charge in [0.05, 0.1) is 0 Å². The normalized spacial score (nSPS) is 33.5. The molecule has 0 spiro atoms. The lowest BCUT2D eigenvalue weighted by molar-refractivity contribution is 0.550. The first kappa shape index (κ1) is 6.66. The summed E-state index contributed by atoms with van der Waals surface area (Å²) in [5.74, 6) is 1.16. The highest BCUT2D eigenvalue weighted by Crippen LogP contribution is 2.25. The third-order valence-corrected chi connectivity index (χ3v) is 2.18. The Morgan fingerprint density at radius 3 is 3.00 bits per heavy atom. The summed E-state index contributed by atoms with van der Waals surface area (Å²) in [7, 11) is 0.